The summed E-state index contributed by atoms with van der Waals surface area (Å²) in [6, 6.07) is 2.40. The highest BCUT2D eigenvalue weighted by atomic mass is 32.1. The molecule has 0 saturated carbocycles. The predicted octanol–water partition coefficient (Wildman–Crippen LogP) is 4.37. The highest BCUT2D eigenvalue weighted by Gasteiger charge is 2.32. The fourth-order valence-electron chi connectivity index (χ4n) is 2.83. The summed E-state index contributed by atoms with van der Waals surface area (Å²) >= 11 is 1.60. The Kier molecular flexibility index (Phi) is 5.64. The summed E-state index contributed by atoms with van der Waals surface area (Å²) in [6.45, 7) is 6.22. The van der Waals surface area contributed by atoms with Crippen molar-refractivity contribution in [1.29, 1.82) is 0 Å². The van der Waals surface area contributed by atoms with Crippen molar-refractivity contribution in [3.8, 4) is 5.75 Å². The van der Waals surface area contributed by atoms with Gasteiger partial charge in [0.25, 0.3) is 0 Å². The number of hydrogen-bond acceptors (Lipinski definition) is 6. The van der Waals surface area contributed by atoms with E-state index in [9.17, 15) is 13.2 Å². The zero-order valence-corrected chi connectivity index (χ0v) is 15.5. The zero-order valence-electron chi connectivity index (χ0n) is 14.7. The number of rotatable bonds is 5. The predicted molar refractivity (Wildman–Crippen MR) is 93.7 cm³/mol. The minimum absolute atomic E-state index is 0.197. The van der Waals surface area contributed by atoms with Crippen LogP contribution in [0.3, 0.4) is 0 Å². The molecule has 0 aromatic carbocycles. The third kappa shape index (κ3) is 4.63. The number of piperidine rings is 1. The van der Waals surface area contributed by atoms with E-state index < -0.39 is 11.9 Å². The van der Waals surface area contributed by atoms with Crippen molar-refractivity contribution in [2.45, 2.75) is 38.8 Å². The van der Waals surface area contributed by atoms with Crippen LogP contribution in [-0.4, -0.2) is 34.9 Å². The molecule has 142 valence electrons. The van der Waals surface area contributed by atoms with Crippen LogP contribution in [0.4, 0.5) is 18.3 Å². The molecule has 1 aliphatic heterocycles. The third-order valence-electron chi connectivity index (χ3n) is 4.22. The molecule has 0 N–H and O–H groups in total. The van der Waals surface area contributed by atoms with Gasteiger partial charge in [-0.05, 0) is 18.9 Å². The van der Waals surface area contributed by atoms with Crippen molar-refractivity contribution in [1.82, 2.24) is 15.2 Å². The lowest BCUT2D eigenvalue weighted by Crippen LogP contribution is -2.37. The van der Waals surface area contributed by atoms with Crippen LogP contribution >= 0.6 is 11.3 Å². The van der Waals surface area contributed by atoms with Gasteiger partial charge in [-0.3, -0.25) is 4.98 Å². The molecule has 1 aliphatic rings. The largest absolute Gasteiger partial charge is 0.493 e. The van der Waals surface area contributed by atoms with Gasteiger partial charge in [0.1, 0.15) is 16.5 Å². The maximum atomic E-state index is 12.7. The molecule has 0 amide bonds. The molecule has 1 atom stereocenters. The summed E-state index contributed by atoms with van der Waals surface area (Å²) in [5, 5.41) is 10.4. The van der Waals surface area contributed by atoms with Crippen LogP contribution in [-0.2, 0) is 6.18 Å². The van der Waals surface area contributed by atoms with E-state index in [1.165, 1.54) is 6.07 Å². The van der Waals surface area contributed by atoms with Gasteiger partial charge < -0.3 is 9.64 Å². The average Bonchev–Trinajstić information content (AvgIpc) is 3.10. The minimum Gasteiger partial charge on any atom is -0.493 e. The molecule has 0 spiro atoms. The lowest BCUT2D eigenvalue weighted by Gasteiger charge is -2.32. The molecule has 9 heteroatoms. The van der Waals surface area contributed by atoms with Gasteiger partial charge in [-0.2, -0.15) is 13.2 Å². The Morgan fingerprint density at radius 2 is 2.15 bits per heavy atom. The Labute approximate surface area is 154 Å². The van der Waals surface area contributed by atoms with Crippen LogP contribution in [0, 0.1) is 5.92 Å². The Bertz CT molecular complexity index is 735. The number of ether oxygens (including phenoxy) is 1. The molecule has 0 bridgehead atoms. The molecule has 2 aromatic heterocycles. The first-order valence-corrected chi connectivity index (χ1v) is 9.39. The van der Waals surface area contributed by atoms with E-state index in [-0.39, 0.29) is 11.7 Å². The van der Waals surface area contributed by atoms with Gasteiger partial charge in [-0.25, -0.2) is 0 Å². The van der Waals surface area contributed by atoms with Crippen LogP contribution in [0.5, 0.6) is 5.75 Å². The second-order valence-corrected chi connectivity index (χ2v) is 7.70. The summed E-state index contributed by atoms with van der Waals surface area (Å²) < 4.78 is 43.8. The van der Waals surface area contributed by atoms with Crippen molar-refractivity contribution in [3.05, 3.63) is 29.0 Å². The SMILES string of the molecule is CC(C)c1nnc(N2CCCC(COc3ccnc(C(F)(F)F)c3)C2)s1. The number of halogens is 3. The fraction of sp³-hybridized carbons (Fsp3) is 0.588. The van der Waals surface area contributed by atoms with E-state index in [4.69, 9.17) is 4.74 Å². The third-order valence-corrected chi connectivity index (χ3v) is 5.51. The summed E-state index contributed by atoms with van der Waals surface area (Å²) in [7, 11) is 0. The first-order valence-electron chi connectivity index (χ1n) is 8.57. The summed E-state index contributed by atoms with van der Waals surface area (Å²) in [4.78, 5) is 5.54. The number of pyridine rings is 1. The Balaban J connectivity index is 1.58. The molecule has 1 unspecified atom stereocenters. The number of nitrogens with zero attached hydrogens (tertiary/aromatic N) is 4. The van der Waals surface area contributed by atoms with Crippen LogP contribution in [0.15, 0.2) is 18.3 Å². The molecule has 3 rings (SSSR count). The van der Waals surface area contributed by atoms with Crippen molar-refractivity contribution in [2.75, 3.05) is 24.6 Å². The Morgan fingerprint density at radius 3 is 2.85 bits per heavy atom. The first-order chi connectivity index (χ1) is 12.3. The van der Waals surface area contributed by atoms with Gasteiger partial charge in [0.15, 0.2) is 0 Å². The van der Waals surface area contributed by atoms with Gasteiger partial charge in [-0.1, -0.05) is 25.2 Å². The smallest absolute Gasteiger partial charge is 0.433 e. The second-order valence-electron chi connectivity index (χ2n) is 6.72. The highest BCUT2D eigenvalue weighted by Crippen LogP contribution is 2.31. The van der Waals surface area contributed by atoms with E-state index in [1.807, 2.05) is 0 Å². The maximum absolute atomic E-state index is 12.7. The van der Waals surface area contributed by atoms with Gasteiger partial charge in [-0.15, -0.1) is 10.2 Å². The standard InChI is InChI=1S/C17H21F3N4OS/c1-11(2)15-22-23-16(26-15)24-7-3-4-12(9-24)10-25-13-5-6-21-14(8-13)17(18,19)20/h5-6,8,11-12H,3-4,7,9-10H2,1-2H3. The van der Waals surface area contributed by atoms with Gasteiger partial charge >= 0.3 is 6.18 Å². The van der Waals surface area contributed by atoms with E-state index in [0.717, 1.165) is 48.3 Å². The van der Waals surface area contributed by atoms with E-state index in [2.05, 4.69) is 33.9 Å². The molecular weight excluding hydrogens is 365 g/mol. The molecule has 1 fully saturated rings. The Morgan fingerprint density at radius 1 is 1.35 bits per heavy atom. The minimum atomic E-state index is -4.47. The van der Waals surface area contributed by atoms with Crippen molar-refractivity contribution in [3.63, 3.8) is 0 Å². The van der Waals surface area contributed by atoms with Crippen molar-refractivity contribution >= 4 is 16.5 Å². The number of hydrogen-bond donors (Lipinski definition) is 0. The zero-order chi connectivity index (χ0) is 18.7. The number of alkyl halides is 3. The molecule has 0 aliphatic carbocycles. The molecule has 26 heavy (non-hydrogen) atoms. The van der Waals surface area contributed by atoms with Gasteiger partial charge in [0.2, 0.25) is 5.13 Å². The van der Waals surface area contributed by atoms with Crippen LogP contribution in [0.25, 0.3) is 0 Å². The summed E-state index contributed by atoms with van der Waals surface area (Å²) in [5.41, 5.74) is -0.935. The summed E-state index contributed by atoms with van der Waals surface area (Å²) in [6.07, 6.45) is -1.37. The van der Waals surface area contributed by atoms with Crippen LogP contribution in [0.1, 0.15) is 43.3 Å². The molecule has 1 saturated heterocycles. The second kappa shape index (κ2) is 7.77. The van der Waals surface area contributed by atoms with Gasteiger partial charge in [0.05, 0.1) is 6.61 Å². The van der Waals surface area contributed by atoms with Crippen molar-refractivity contribution < 1.29 is 17.9 Å². The monoisotopic (exact) mass is 386 g/mol. The molecule has 0 radical (unpaired) electrons. The lowest BCUT2D eigenvalue weighted by molar-refractivity contribution is -0.141. The molecule has 3 heterocycles. The first kappa shape index (κ1) is 18.9. The number of aromatic nitrogens is 3. The maximum Gasteiger partial charge on any atom is 0.433 e. The lowest BCUT2D eigenvalue weighted by atomic mass is 9.99. The van der Waals surface area contributed by atoms with Crippen molar-refractivity contribution in [2.24, 2.45) is 5.92 Å². The summed E-state index contributed by atoms with van der Waals surface area (Å²) in [5.74, 6) is 0.778. The molecule has 5 nitrogen and oxygen atoms in total. The van der Waals surface area contributed by atoms with E-state index >= 15 is 0 Å². The van der Waals surface area contributed by atoms with Gasteiger partial charge in [0, 0.05) is 37.2 Å². The fourth-order valence-corrected chi connectivity index (χ4v) is 3.71. The quantitative estimate of drug-likeness (QED) is 0.764. The Hall–Kier alpha value is -1.90. The molecular formula is C17H21F3N4OS. The topological polar surface area (TPSA) is 51.1 Å². The normalized spacial score (nSPS) is 18.4. The average molecular weight is 386 g/mol. The molecule has 2 aromatic rings. The number of anilines is 1. The van der Waals surface area contributed by atoms with Crippen LogP contribution < -0.4 is 9.64 Å². The van der Waals surface area contributed by atoms with E-state index in [1.54, 1.807) is 11.3 Å². The highest BCUT2D eigenvalue weighted by molar-refractivity contribution is 7.15. The van der Waals surface area contributed by atoms with Crippen LogP contribution in [0.2, 0.25) is 0 Å². The van der Waals surface area contributed by atoms with E-state index in [0.29, 0.717) is 12.5 Å².